The molecule has 0 spiro atoms. The van der Waals surface area contributed by atoms with E-state index in [2.05, 4.69) is 45.9 Å². The fourth-order valence-corrected chi connectivity index (χ4v) is 2.75. The van der Waals surface area contributed by atoms with Gasteiger partial charge in [0.15, 0.2) is 0 Å². The average molecular weight is 284 g/mol. The smallest absolute Gasteiger partial charge is 0.231 e. The zero-order valence-corrected chi connectivity index (χ0v) is 12.7. The Hall–Kier alpha value is -1.10. The SMILES string of the molecule is CCN(CC)c1nc(Cl)nc(NC2(C)CCCC2)n1. The molecule has 0 aromatic carbocycles. The molecule has 1 heterocycles. The molecule has 0 bridgehead atoms. The maximum atomic E-state index is 6.01. The summed E-state index contributed by atoms with van der Waals surface area (Å²) >= 11 is 6.01. The van der Waals surface area contributed by atoms with Gasteiger partial charge in [-0.15, -0.1) is 0 Å². The zero-order valence-electron chi connectivity index (χ0n) is 11.9. The highest BCUT2D eigenvalue weighted by Gasteiger charge is 2.29. The van der Waals surface area contributed by atoms with Crippen LogP contribution in [0.2, 0.25) is 5.28 Å². The fourth-order valence-electron chi connectivity index (χ4n) is 2.59. The summed E-state index contributed by atoms with van der Waals surface area (Å²) in [4.78, 5) is 15.0. The molecule has 2 rings (SSSR count). The van der Waals surface area contributed by atoms with Gasteiger partial charge in [-0.05, 0) is 45.2 Å². The molecule has 0 saturated heterocycles. The first kappa shape index (κ1) is 14.3. The molecule has 1 saturated carbocycles. The van der Waals surface area contributed by atoms with Crippen molar-refractivity contribution in [2.75, 3.05) is 23.3 Å². The number of aromatic nitrogens is 3. The third-order valence-electron chi connectivity index (χ3n) is 3.76. The van der Waals surface area contributed by atoms with Crippen LogP contribution in [-0.2, 0) is 0 Å². The Labute approximate surface area is 119 Å². The Balaban J connectivity index is 2.21. The van der Waals surface area contributed by atoms with E-state index in [1.807, 2.05) is 0 Å². The minimum Gasteiger partial charge on any atom is -0.349 e. The largest absolute Gasteiger partial charge is 0.349 e. The Bertz CT molecular complexity index is 427. The van der Waals surface area contributed by atoms with Crippen molar-refractivity contribution in [3.8, 4) is 0 Å². The normalized spacial score (nSPS) is 17.5. The van der Waals surface area contributed by atoms with Crippen molar-refractivity contribution in [3.05, 3.63) is 5.28 Å². The van der Waals surface area contributed by atoms with Gasteiger partial charge in [-0.25, -0.2) is 0 Å². The lowest BCUT2D eigenvalue weighted by atomic mass is 10.0. The van der Waals surface area contributed by atoms with E-state index < -0.39 is 0 Å². The maximum Gasteiger partial charge on any atom is 0.231 e. The van der Waals surface area contributed by atoms with Gasteiger partial charge >= 0.3 is 0 Å². The van der Waals surface area contributed by atoms with Crippen LogP contribution in [0.15, 0.2) is 0 Å². The lowest BCUT2D eigenvalue weighted by molar-refractivity contribution is 0.527. The first-order valence-electron chi connectivity index (χ1n) is 7.01. The van der Waals surface area contributed by atoms with Crippen molar-refractivity contribution >= 4 is 23.5 Å². The quantitative estimate of drug-likeness (QED) is 0.900. The second-order valence-electron chi connectivity index (χ2n) is 5.29. The number of hydrogen-bond donors (Lipinski definition) is 1. The van der Waals surface area contributed by atoms with Crippen molar-refractivity contribution in [3.63, 3.8) is 0 Å². The molecular weight excluding hydrogens is 262 g/mol. The van der Waals surface area contributed by atoms with E-state index in [0.717, 1.165) is 25.9 Å². The first-order chi connectivity index (χ1) is 9.06. The Kier molecular flexibility index (Phi) is 4.45. The third-order valence-corrected chi connectivity index (χ3v) is 3.93. The molecule has 6 heteroatoms. The number of nitrogens with one attached hydrogen (secondary N) is 1. The average Bonchev–Trinajstić information content (AvgIpc) is 2.76. The zero-order chi connectivity index (χ0) is 13.9. The summed E-state index contributed by atoms with van der Waals surface area (Å²) in [5, 5.41) is 3.68. The number of nitrogens with zero attached hydrogens (tertiary/aromatic N) is 4. The Morgan fingerprint density at radius 2 is 1.79 bits per heavy atom. The summed E-state index contributed by atoms with van der Waals surface area (Å²) in [5.41, 5.74) is 0.0885. The van der Waals surface area contributed by atoms with Gasteiger partial charge in [0.05, 0.1) is 0 Å². The molecule has 0 atom stereocenters. The van der Waals surface area contributed by atoms with E-state index in [4.69, 9.17) is 11.6 Å². The fraction of sp³-hybridized carbons (Fsp3) is 0.769. The summed E-state index contributed by atoms with van der Waals surface area (Å²) < 4.78 is 0. The predicted molar refractivity (Wildman–Crippen MR) is 78.9 cm³/mol. The number of halogens is 1. The molecule has 1 fully saturated rings. The van der Waals surface area contributed by atoms with Crippen LogP contribution in [0.25, 0.3) is 0 Å². The predicted octanol–water partition coefficient (Wildman–Crippen LogP) is 3.12. The number of hydrogen-bond acceptors (Lipinski definition) is 5. The first-order valence-corrected chi connectivity index (χ1v) is 7.39. The summed E-state index contributed by atoms with van der Waals surface area (Å²) in [7, 11) is 0. The molecule has 1 N–H and O–H groups in total. The lowest BCUT2D eigenvalue weighted by Crippen LogP contribution is -2.32. The van der Waals surface area contributed by atoms with Crippen LogP contribution in [0.5, 0.6) is 0 Å². The van der Waals surface area contributed by atoms with E-state index in [1.165, 1.54) is 12.8 Å². The molecule has 0 aliphatic heterocycles. The van der Waals surface area contributed by atoms with Gasteiger partial charge in [0.25, 0.3) is 0 Å². The van der Waals surface area contributed by atoms with Gasteiger partial charge < -0.3 is 10.2 Å². The molecule has 1 aliphatic carbocycles. The van der Waals surface area contributed by atoms with E-state index in [9.17, 15) is 0 Å². The van der Waals surface area contributed by atoms with Gasteiger partial charge in [-0.1, -0.05) is 12.8 Å². The van der Waals surface area contributed by atoms with E-state index >= 15 is 0 Å². The lowest BCUT2D eigenvalue weighted by Gasteiger charge is -2.26. The standard InChI is InChI=1S/C13H22ClN5/c1-4-19(5-2)12-16-10(14)15-11(17-12)18-13(3)8-6-7-9-13/h4-9H2,1-3H3,(H,15,16,17,18). The second kappa shape index (κ2) is 5.90. The van der Waals surface area contributed by atoms with Gasteiger partial charge in [-0.2, -0.15) is 15.0 Å². The summed E-state index contributed by atoms with van der Waals surface area (Å²) in [6.45, 7) is 8.08. The van der Waals surface area contributed by atoms with Crippen molar-refractivity contribution in [2.24, 2.45) is 0 Å². The van der Waals surface area contributed by atoms with Gasteiger partial charge in [-0.3, -0.25) is 0 Å². The molecule has 19 heavy (non-hydrogen) atoms. The molecule has 0 unspecified atom stereocenters. The Morgan fingerprint density at radius 1 is 1.16 bits per heavy atom. The van der Waals surface area contributed by atoms with Gasteiger partial charge in [0.1, 0.15) is 0 Å². The van der Waals surface area contributed by atoms with Crippen LogP contribution in [0.1, 0.15) is 46.5 Å². The molecule has 0 amide bonds. The molecular formula is C13H22ClN5. The summed E-state index contributed by atoms with van der Waals surface area (Å²) in [6.07, 6.45) is 4.81. The highest BCUT2D eigenvalue weighted by molar-refractivity contribution is 6.28. The van der Waals surface area contributed by atoms with Crippen LogP contribution in [0.3, 0.4) is 0 Å². The van der Waals surface area contributed by atoms with Crippen LogP contribution in [0, 0.1) is 0 Å². The topological polar surface area (TPSA) is 53.9 Å². The summed E-state index contributed by atoms with van der Waals surface area (Å²) in [5.74, 6) is 1.24. The monoisotopic (exact) mass is 283 g/mol. The molecule has 1 aromatic heterocycles. The van der Waals surface area contributed by atoms with Crippen LogP contribution >= 0.6 is 11.6 Å². The van der Waals surface area contributed by atoms with Crippen LogP contribution in [-0.4, -0.2) is 33.6 Å². The van der Waals surface area contributed by atoms with Crippen molar-refractivity contribution < 1.29 is 0 Å². The second-order valence-corrected chi connectivity index (χ2v) is 5.63. The highest BCUT2D eigenvalue weighted by atomic mass is 35.5. The molecule has 106 valence electrons. The van der Waals surface area contributed by atoms with Crippen LogP contribution in [0.4, 0.5) is 11.9 Å². The minimum atomic E-state index is 0.0885. The van der Waals surface area contributed by atoms with Crippen molar-refractivity contribution in [1.29, 1.82) is 0 Å². The number of rotatable bonds is 5. The molecule has 0 radical (unpaired) electrons. The van der Waals surface area contributed by atoms with E-state index in [0.29, 0.717) is 11.9 Å². The van der Waals surface area contributed by atoms with Crippen molar-refractivity contribution in [1.82, 2.24) is 15.0 Å². The van der Waals surface area contributed by atoms with Crippen LogP contribution < -0.4 is 10.2 Å². The van der Waals surface area contributed by atoms with Gasteiger partial charge in [0, 0.05) is 18.6 Å². The van der Waals surface area contributed by atoms with E-state index in [1.54, 1.807) is 0 Å². The molecule has 1 aromatic rings. The molecule has 1 aliphatic rings. The van der Waals surface area contributed by atoms with Crippen molar-refractivity contribution in [2.45, 2.75) is 52.0 Å². The van der Waals surface area contributed by atoms with E-state index in [-0.39, 0.29) is 10.8 Å². The summed E-state index contributed by atoms with van der Waals surface area (Å²) in [6, 6.07) is 0. The van der Waals surface area contributed by atoms with Gasteiger partial charge in [0.2, 0.25) is 17.2 Å². The third kappa shape index (κ3) is 3.47. The molecule has 5 nitrogen and oxygen atoms in total. The Morgan fingerprint density at radius 3 is 2.37 bits per heavy atom. The minimum absolute atomic E-state index is 0.0885. The maximum absolute atomic E-state index is 6.01. The number of anilines is 2. The highest BCUT2D eigenvalue weighted by Crippen LogP contribution is 2.32.